The molecule has 6 nitrogen and oxygen atoms in total. The van der Waals surface area contributed by atoms with Crippen molar-refractivity contribution in [3.05, 3.63) is 100 Å². The minimum Gasteiger partial charge on any atom is -0.262 e. The Morgan fingerprint density at radius 2 is 1.48 bits per heavy atom. The number of para-hydroxylation sites is 1. The number of non-ortho nitro benzene ring substituents is 1. The van der Waals surface area contributed by atoms with Gasteiger partial charge in [-0.25, -0.2) is 8.42 Å². The van der Waals surface area contributed by atoms with Crippen LogP contribution in [0.15, 0.2) is 83.8 Å². The molecule has 0 aliphatic heterocycles. The molecule has 0 saturated carbocycles. The highest BCUT2D eigenvalue weighted by Gasteiger charge is 2.25. The third-order valence-corrected chi connectivity index (χ3v) is 5.91. The first kappa shape index (κ1) is 18.6. The number of nitro groups is 1. The molecule has 0 unspecified atom stereocenters. The first-order valence-electron chi connectivity index (χ1n) is 8.26. The summed E-state index contributed by atoms with van der Waals surface area (Å²) in [5.41, 5.74) is 2.11. The third kappa shape index (κ3) is 4.15. The molecule has 0 radical (unpaired) electrons. The lowest BCUT2D eigenvalue weighted by molar-refractivity contribution is -0.384. The van der Waals surface area contributed by atoms with E-state index in [1.54, 1.807) is 60.7 Å². The summed E-state index contributed by atoms with van der Waals surface area (Å²) < 4.78 is 27.8. The molecule has 0 amide bonds. The number of aryl methyl sites for hydroxylation is 1. The smallest absolute Gasteiger partial charge is 0.262 e. The Balaban J connectivity index is 2.01. The van der Waals surface area contributed by atoms with Crippen molar-refractivity contribution >= 4 is 21.4 Å². The van der Waals surface area contributed by atoms with Gasteiger partial charge in [-0.1, -0.05) is 48.0 Å². The van der Waals surface area contributed by atoms with Crippen molar-refractivity contribution in [1.82, 2.24) is 0 Å². The number of benzene rings is 3. The first-order chi connectivity index (χ1) is 12.9. The lowest BCUT2D eigenvalue weighted by Gasteiger charge is -2.24. The van der Waals surface area contributed by atoms with Gasteiger partial charge in [0.05, 0.1) is 22.1 Å². The van der Waals surface area contributed by atoms with Gasteiger partial charge in [0.25, 0.3) is 15.7 Å². The molecule has 0 N–H and O–H groups in total. The second-order valence-corrected chi connectivity index (χ2v) is 7.95. The molecular weight excluding hydrogens is 364 g/mol. The maximum absolute atomic E-state index is 13.2. The van der Waals surface area contributed by atoms with Crippen LogP contribution in [0, 0.1) is 17.0 Å². The molecule has 3 rings (SSSR count). The maximum Gasteiger partial charge on any atom is 0.269 e. The molecule has 0 atom stereocenters. The quantitative estimate of drug-likeness (QED) is 0.470. The highest BCUT2D eigenvalue weighted by molar-refractivity contribution is 7.92. The van der Waals surface area contributed by atoms with Gasteiger partial charge in [-0.15, -0.1) is 0 Å². The monoisotopic (exact) mass is 382 g/mol. The summed E-state index contributed by atoms with van der Waals surface area (Å²) in [5, 5.41) is 10.8. The predicted molar refractivity (Wildman–Crippen MR) is 104 cm³/mol. The zero-order valence-electron chi connectivity index (χ0n) is 14.6. The van der Waals surface area contributed by atoms with Crippen molar-refractivity contribution < 1.29 is 13.3 Å². The fourth-order valence-corrected chi connectivity index (χ4v) is 4.09. The number of hydrogen-bond acceptors (Lipinski definition) is 4. The van der Waals surface area contributed by atoms with Crippen LogP contribution in [0.5, 0.6) is 0 Å². The summed E-state index contributed by atoms with van der Waals surface area (Å²) in [6, 6.07) is 21.3. The summed E-state index contributed by atoms with van der Waals surface area (Å²) in [6.45, 7) is 1.96. The lowest BCUT2D eigenvalue weighted by atomic mass is 10.2. The fourth-order valence-electron chi connectivity index (χ4n) is 2.64. The molecule has 0 aliphatic rings. The van der Waals surface area contributed by atoms with Crippen molar-refractivity contribution in [3.63, 3.8) is 0 Å². The molecule has 0 aliphatic carbocycles. The van der Waals surface area contributed by atoms with E-state index >= 15 is 0 Å². The van der Waals surface area contributed by atoms with Gasteiger partial charge in [0.15, 0.2) is 0 Å². The summed E-state index contributed by atoms with van der Waals surface area (Å²) in [4.78, 5) is 10.5. The van der Waals surface area contributed by atoms with E-state index in [1.807, 2.05) is 13.0 Å². The highest BCUT2D eigenvalue weighted by atomic mass is 32.2. The molecule has 3 aromatic carbocycles. The molecule has 138 valence electrons. The largest absolute Gasteiger partial charge is 0.269 e. The average molecular weight is 382 g/mol. The maximum atomic E-state index is 13.2. The van der Waals surface area contributed by atoms with Crippen molar-refractivity contribution in [3.8, 4) is 0 Å². The number of anilines is 1. The fraction of sp³-hybridized carbons (Fsp3) is 0.100. The molecule has 0 bridgehead atoms. The van der Waals surface area contributed by atoms with Gasteiger partial charge in [0.1, 0.15) is 0 Å². The van der Waals surface area contributed by atoms with Gasteiger partial charge < -0.3 is 0 Å². The molecule has 7 heteroatoms. The van der Waals surface area contributed by atoms with E-state index in [-0.39, 0.29) is 17.1 Å². The number of sulfonamides is 1. The van der Waals surface area contributed by atoms with Crippen molar-refractivity contribution in [2.75, 3.05) is 4.31 Å². The van der Waals surface area contributed by atoms with E-state index in [2.05, 4.69) is 0 Å². The normalized spacial score (nSPS) is 11.1. The van der Waals surface area contributed by atoms with Gasteiger partial charge in [0.2, 0.25) is 0 Å². The number of nitrogens with zero attached hydrogens (tertiary/aromatic N) is 2. The van der Waals surface area contributed by atoms with Gasteiger partial charge in [-0.05, 0) is 36.8 Å². The van der Waals surface area contributed by atoms with Gasteiger partial charge in [-0.2, -0.15) is 0 Å². The lowest BCUT2D eigenvalue weighted by Crippen LogP contribution is -2.30. The Morgan fingerprint density at radius 3 is 2.04 bits per heavy atom. The van der Waals surface area contributed by atoms with Gasteiger partial charge in [0, 0.05) is 12.1 Å². The van der Waals surface area contributed by atoms with Gasteiger partial charge >= 0.3 is 0 Å². The third-order valence-electron chi connectivity index (χ3n) is 4.13. The van der Waals surface area contributed by atoms with E-state index in [1.165, 1.54) is 16.4 Å². The molecule has 0 heterocycles. The Bertz CT molecular complexity index is 1030. The first-order valence-corrected chi connectivity index (χ1v) is 9.70. The summed E-state index contributed by atoms with van der Waals surface area (Å²) in [7, 11) is -3.80. The Labute approximate surface area is 157 Å². The van der Waals surface area contributed by atoms with Crippen LogP contribution in [0.25, 0.3) is 0 Å². The van der Waals surface area contributed by atoms with E-state index in [9.17, 15) is 18.5 Å². The molecule has 0 saturated heterocycles. The summed E-state index contributed by atoms with van der Waals surface area (Å²) in [6.07, 6.45) is 0. The van der Waals surface area contributed by atoms with Crippen LogP contribution in [-0.4, -0.2) is 13.3 Å². The van der Waals surface area contributed by atoms with E-state index < -0.39 is 14.9 Å². The second-order valence-electron chi connectivity index (χ2n) is 6.08. The van der Waals surface area contributed by atoms with Crippen molar-refractivity contribution in [2.45, 2.75) is 18.4 Å². The van der Waals surface area contributed by atoms with E-state index in [0.717, 1.165) is 5.56 Å². The zero-order valence-corrected chi connectivity index (χ0v) is 15.5. The number of nitro benzene ring substituents is 1. The second kappa shape index (κ2) is 7.59. The van der Waals surface area contributed by atoms with Crippen molar-refractivity contribution in [2.24, 2.45) is 0 Å². The number of hydrogen-bond donors (Lipinski definition) is 0. The van der Waals surface area contributed by atoms with Crippen LogP contribution >= 0.6 is 0 Å². The number of rotatable bonds is 6. The topological polar surface area (TPSA) is 80.5 Å². The minimum atomic E-state index is -3.80. The standard InChI is InChI=1S/C20H18N2O4S/c1-16-7-13-20(14-8-16)27(25,26)21(18-5-3-2-4-6-18)15-17-9-11-19(12-10-17)22(23)24/h2-14H,15H2,1H3. The summed E-state index contributed by atoms with van der Waals surface area (Å²) >= 11 is 0. The molecule has 0 spiro atoms. The molecule has 0 aromatic heterocycles. The Morgan fingerprint density at radius 1 is 0.889 bits per heavy atom. The highest BCUT2D eigenvalue weighted by Crippen LogP contribution is 2.26. The van der Waals surface area contributed by atoms with E-state index in [0.29, 0.717) is 11.3 Å². The molecule has 0 fully saturated rings. The summed E-state index contributed by atoms with van der Waals surface area (Å²) in [5.74, 6) is 0. The van der Waals surface area contributed by atoms with Gasteiger partial charge in [-0.3, -0.25) is 14.4 Å². The van der Waals surface area contributed by atoms with Crippen LogP contribution in [0.2, 0.25) is 0 Å². The zero-order chi connectivity index (χ0) is 19.4. The predicted octanol–water partition coefficient (Wildman–Crippen LogP) is 4.30. The van der Waals surface area contributed by atoms with Crippen LogP contribution in [-0.2, 0) is 16.6 Å². The van der Waals surface area contributed by atoms with Crippen LogP contribution in [0.4, 0.5) is 11.4 Å². The molecular formula is C20H18N2O4S. The minimum absolute atomic E-state index is 0.0357. The van der Waals surface area contributed by atoms with E-state index in [4.69, 9.17) is 0 Å². The average Bonchev–Trinajstić information content (AvgIpc) is 2.67. The Hall–Kier alpha value is -3.19. The van der Waals surface area contributed by atoms with Crippen LogP contribution in [0.1, 0.15) is 11.1 Å². The van der Waals surface area contributed by atoms with Crippen molar-refractivity contribution in [1.29, 1.82) is 0 Å². The Kier molecular flexibility index (Phi) is 5.23. The molecule has 27 heavy (non-hydrogen) atoms. The van der Waals surface area contributed by atoms with Crippen LogP contribution < -0.4 is 4.31 Å². The SMILES string of the molecule is Cc1ccc(S(=O)(=O)N(Cc2ccc([N+](=O)[O-])cc2)c2ccccc2)cc1. The van der Waals surface area contributed by atoms with Crippen LogP contribution in [0.3, 0.4) is 0 Å². The molecule has 3 aromatic rings.